The van der Waals surface area contributed by atoms with Crippen LogP contribution in [0.4, 0.5) is 0 Å². The topological polar surface area (TPSA) is 57.7 Å². The molecule has 1 heterocycles. The van der Waals surface area contributed by atoms with Crippen molar-refractivity contribution in [2.45, 2.75) is 18.7 Å². The van der Waals surface area contributed by atoms with Gasteiger partial charge in [0.1, 0.15) is 0 Å². The van der Waals surface area contributed by atoms with Crippen LogP contribution in [0.5, 0.6) is 0 Å². The highest BCUT2D eigenvalue weighted by atomic mass is 32.2. The van der Waals surface area contributed by atoms with Crippen LogP contribution >= 0.6 is 0 Å². The zero-order valence-corrected chi connectivity index (χ0v) is 12.6. The highest BCUT2D eigenvalue weighted by Gasteiger charge is 2.30. The van der Waals surface area contributed by atoms with Gasteiger partial charge in [0.15, 0.2) is 0 Å². The molecule has 0 aliphatic carbocycles. The molecule has 0 spiro atoms. The summed E-state index contributed by atoms with van der Waals surface area (Å²) in [4.78, 5) is 13.9. The second-order valence-corrected chi connectivity index (χ2v) is 7.14. The largest absolute Gasteiger partial charge is 0.340 e. The van der Waals surface area contributed by atoms with E-state index in [-0.39, 0.29) is 11.8 Å². The van der Waals surface area contributed by atoms with E-state index in [0.29, 0.717) is 31.1 Å². The van der Waals surface area contributed by atoms with E-state index in [4.69, 9.17) is 0 Å². The van der Waals surface area contributed by atoms with Crippen LogP contribution in [0.1, 0.15) is 13.8 Å². The van der Waals surface area contributed by atoms with Gasteiger partial charge in [-0.3, -0.25) is 4.79 Å². The first-order valence-corrected chi connectivity index (χ1v) is 8.21. The Labute approximate surface area is 120 Å². The third-order valence-electron chi connectivity index (χ3n) is 3.43. The number of hydrogen-bond acceptors (Lipinski definition) is 3. The quantitative estimate of drug-likeness (QED) is 0.841. The van der Waals surface area contributed by atoms with E-state index in [1.54, 1.807) is 35.2 Å². The van der Waals surface area contributed by atoms with E-state index in [0.717, 1.165) is 0 Å². The summed E-state index contributed by atoms with van der Waals surface area (Å²) in [7, 11) is -3.44. The van der Waals surface area contributed by atoms with Gasteiger partial charge in [-0.15, -0.1) is 0 Å². The lowest BCUT2D eigenvalue weighted by Gasteiger charge is -2.34. The van der Waals surface area contributed by atoms with Crippen molar-refractivity contribution in [3.63, 3.8) is 0 Å². The van der Waals surface area contributed by atoms with Crippen LogP contribution in [0.25, 0.3) is 0 Å². The molecule has 0 unspecified atom stereocenters. The van der Waals surface area contributed by atoms with E-state index in [2.05, 4.69) is 0 Å². The lowest BCUT2D eigenvalue weighted by molar-refractivity contribution is -0.135. The first-order chi connectivity index (χ1) is 9.43. The Balaban J connectivity index is 2.06. The van der Waals surface area contributed by atoms with E-state index >= 15 is 0 Å². The minimum absolute atomic E-state index is 0.0488. The summed E-state index contributed by atoms with van der Waals surface area (Å²) >= 11 is 0. The van der Waals surface area contributed by atoms with Gasteiger partial charge in [-0.2, -0.15) is 4.31 Å². The van der Waals surface area contributed by atoms with E-state index in [9.17, 15) is 13.2 Å². The Morgan fingerprint density at radius 3 is 2.10 bits per heavy atom. The van der Waals surface area contributed by atoms with Crippen molar-refractivity contribution in [3.05, 3.63) is 30.3 Å². The number of sulfonamides is 1. The normalized spacial score (nSPS) is 17.4. The van der Waals surface area contributed by atoms with Crippen molar-refractivity contribution in [2.75, 3.05) is 26.2 Å². The molecular formula is C14H20N2O3S. The Kier molecular flexibility index (Phi) is 4.45. The van der Waals surface area contributed by atoms with Crippen LogP contribution in [-0.2, 0) is 14.8 Å². The van der Waals surface area contributed by atoms with Crippen LogP contribution in [-0.4, -0.2) is 49.7 Å². The highest BCUT2D eigenvalue weighted by Crippen LogP contribution is 2.17. The molecule has 1 aromatic rings. The second kappa shape index (κ2) is 5.93. The Morgan fingerprint density at radius 1 is 1.05 bits per heavy atom. The first-order valence-electron chi connectivity index (χ1n) is 6.77. The average molecular weight is 296 g/mol. The van der Waals surface area contributed by atoms with Crippen molar-refractivity contribution >= 4 is 15.9 Å². The molecule has 1 aromatic carbocycles. The molecular weight excluding hydrogens is 276 g/mol. The molecule has 0 bridgehead atoms. The van der Waals surface area contributed by atoms with Gasteiger partial charge in [0, 0.05) is 32.1 Å². The monoisotopic (exact) mass is 296 g/mol. The van der Waals surface area contributed by atoms with Crippen molar-refractivity contribution in [1.82, 2.24) is 9.21 Å². The lowest BCUT2D eigenvalue weighted by Crippen LogP contribution is -2.51. The molecule has 0 aromatic heterocycles. The molecule has 6 heteroatoms. The summed E-state index contributed by atoms with van der Waals surface area (Å²) in [5.41, 5.74) is 0. The molecule has 0 atom stereocenters. The molecule has 1 fully saturated rings. The molecule has 110 valence electrons. The van der Waals surface area contributed by atoms with Gasteiger partial charge >= 0.3 is 0 Å². The van der Waals surface area contributed by atoms with Crippen LogP contribution in [0.15, 0.2) is 35.2 Å². The number of piperazine rings is 1. The summed E-state index contributed by atoms with van der Waals surface area (Å²) < 4.78 is 26.3. The molecule has 0 saturated carbocycles. The molecule has 2 rings (SSSR count). The fraction of sp³-hybridized carbons (Fsp3) is 0.500. The van der Waals surface area contributed by atoms with Gasteiger partial charge < -0.3 is 4.90 Å². The standard InChI is InChI=1S/C14H20N2O3S/c1-12(2)14(17)15-8-10-16(11-9-15)20(18,19)13-6-4-3-5-7-13/h3-7,12H,8-11H2,1-2H3. The summed E-state index contributed by atoms with van der Waals surface area (Å²) in [6, 6.07) is 8.41. The molecule has 1 saturated heterocycles. The van der Waals surface area contributed by atoms with Crippen LogP contribution in [0.2, 0.25) is 0 Å². The molecule has 0 N–H and O–H groups in total. The van der Waals surface area contributed by atoms with E-state index < -0.39 is 10.0 Å². The summed E-state index contributed by atoms with van der Waals surface area (Å²) in [6.45, 7) is 5.35. The molecule has 1 aliphatic heterocycles. The number of amides is 1. The van der Waals surface area contributed by atoms with Crippen molar-refractivity contribution < 1.29 is 13.2 Å². The highest BCUT2D eigenvalue weighted by molar-refractivity contribution is 7.89. The fourth-order valence-electron chi connectivity index (χ4n) is 2.26. The predicted molar refractivity (Wildman–Crippen MR) is 76.6 cm³/mol. The van der Waals surface area contributed by atoms with Crippen LogP contribution in [0.3, 0.4) is 0 Å². The zero-order valence-electron chi connectivity index (χ0n) is 11.8. The van der Waals surface area contributed by atoms with E-state index in [1.165, 1.54) is 4.31 Å². The van der Waals surface area contributed by atoms with Gasteiger partial charge in [0.25, 0.3) is 0 Å². The maximum Gasteiger partial charge on any atom is 0.243 e. The number of nitrogens with zero attached hydrogens (tertiary/aromatic N) is 2. The van der Waals surface area contributed by atoms with Crippen molar-refractivity contribution in [2.24, 2.45) is 5.92 Å². The van der Waals surface area contributed by atoms with Gasteiger partial charge in [-0.1, -0.05) is 32.0 Å². The Hall–Kier alpha value is -1.40. The maximum atomic E-state index is 12.4. The Morgan fingerprint density at radius 2 is 1.60 bits per heavy atom. The smallest absolute Gasteiger partial charge is 0.243 e. The summed E-state index contributed by atoms with van der Waals surface area (Å²) in [6.07, 6.45) is 0. The molecule has 1 amide bonds. The van der Waals surface area contributed by atoms with Gasteiger partial charge in [-0.05, 0) is 12.1 Å². The molecule has 20 heavy (non-hydrogen) atoms. The maximum absolute atomic E-state index is 12.4. The van der Waals surface area contributed by atoms with Crippen LogP contribution in [0, 0.1) is 5.92 Å². The lowest BCUT2D eigenvalue weighted by atomic mass is 10.2. The molecule has 5 nitrogen and oxygen atoms in total. The van der Waals surface area contributed by atoms with E-state index in [1.807, 2.05) is 13.8 Å². The summed E-state index contributed by atoms with van der Waals surface area (Å²) in [5.74, 6) is 0.0361. The van der Waals surface area contributed by atoms with Gasteiger partial charge in [-0.25, -0.2) is 8.42 Å². The SMILES string of the molecule is CC(C)C(=O)N1CCN(S(=O)(=O)c2ccccc2)CC1. The third-order valence-corrected chi connectivity index (χ3v) is 5.34. The predicted octanol–water partition coefficient (Wildman–Crippen LogP) is 1.18. The van der Waals surface area contributed by atoms with Gasteiger partial charge in [0.2, 0.25) is 15.9 Å². The molecule has 0 radical (unpaired) electrons. The number of carbonyl (C=O) groups excluding carboxylic acids is 1. The second-order valence-electron chi connectivity index (χ2n) is 5.20. The number of hydrogen-bond donors (Lipinski definition) is 0. The fourth-order valence-corrected chi connectivity index (χ4v) is 3.70. The average Bonchev–Trinajstić information content (AvgIpc) is 2.47. The zero-order chi connectivity index (χ0) is 14.8. The molecule has 1 aliphatic rings. The number of benzene rings is 1. The summed E-state index contributed by atoms with van der Waals surface area (Å²) in [5, 5.41) is 0. The first kappa shape index (κ1) is 15.0. The minimum Gasteiger partial charge on any atom is -0.340 e. The third kappa shape index (κ3) is 3.02. The Bertz CT molecular complexity index is 561. The van der Waals surface area contributed by atoms with Gasteiger partial charge in [0.05, 0.1) is 4.90 Å². The van der Waals surface area contributed by atoms with Crippen LogP contribution < -0.4 is 0 Å². The minimum atomic E-state index is -3.44. The van der Waals surface area contributed by atoms with Crippen molar-refractivity contribution in [3.8, 4) is 0 Å². The number of rotatable bonds is 3. The number of carbonyl (C=O) groups is 1. The van der Waals surface area contributed by atoms with Crippen molar-refractivity contribution in [1.29, 1.82) is 0 Å².